The topological polar surface area (TPSA) is 0 Å². The number of hydrogen-bond acceptors (Lipinski definition) is 0. The van der Waals surface area contributed by atoms with Gasteiger partial charge in [0.1, 0.15) is 4.49 Å². The molecular weight excluding hydrogens is 167 g/mol. The van der Waals surface area contributed by atoms with Crippen LogP contribution in [0.25, 0.3) is 0 Å². The summed E-state index contributed by atoms with van der Waals surface area (Å²) in [6.45, 7) is 0. The summed E-state index contributed by atoms with van der Waals surface area (Å²) in [6, 6.07) is 0. The van der Waals surface area contributed by atoms with E-state index >= 15 is 0 Å². The van der Waals surface area contributed by atoms with Gasteiger partial charge in [0.25, 0.3) is 0 Å². The maximum Gasteiger partial charge on any atom is 0.103 e. The molecule has 0 saturated heterocycles. The van der Waals surface area contributed by atoms with Gasteiger partial charge in [-0.3, -0.25) is 0 Å². The maximum atomic E-state index is 5.53. The molecule has 0 aromatic heterocycles. The first-order chi connectivity index (χ1) is 4.79. The fraction of sp³-hybridized carbons (Fsp3) is 0.500. The Morgan fingerprint density at radius 3 is 2.80 bits per heavy atom. The summed E-state index contributed by atoms with van der Waals surface area (Å²) < 4.78 is 0.424. The van der Waals surface area contributed by atoms with Crippen molar-refractivity contribution in [1.82, 2.24) is 0 Å². The molecule has 2 heteroatoms. The van der Waals surface area contributed by atoms with Gasteiger partial charge in [0, 0.05) is 0 Å². The van der Waals surface area contributed by atoms with Crippen molar-refractivity contribution in [3.63, 3.8) is 0 Å². The molecule has 2 rings (SSSR count). The molecule has 0 aromatic rings. The Labute approximate surface area is 70.5 Å². The molecule has 0 unspecified atom stereocenters. The van der Waals surface area contributed by atoms with E-state index in [0.717, 1.165) is 11.8 Å². The predicted octanol–water partition coefficient (Wildman–Crippen LogP) is 3.13. The van der Waals surface area contributed by atoms with E-state index in [4.69, 9.17) is 23.2 Å². The Morgan fingerprint density at radius 1 is 1.50 bits per heavy atom. The second kappa shape index (κ2) is 2.28. The summed E-state index contributed by atoms with van der Waals surface area (Å²) in [5, 5.41) is 0. The van der Waals surface area contributed by atoms with E-state index in [9.17, 15) is 0 Å². The highest BCUT2D eigenvalue weighted by Gasteiger charge is 2.48. The van der Waals surface area contributed by atoms with E-state index in [1.165, 1.54) is 6.42 Å². The molecule has 1 fully saturated rings. The fourth-order valence-corrected chi connectivity index (χ4v) is 2.08. The van der Waals surface area contributed by atoms with Crippen molar-refractivity contribution >= 4 is 23.2 Å². The molecular formula is C8H8Cl2. The molecule has 3 atom stereocenters. The van der Waals surface area contributed by atoms with Gasteiger partial charge in [-0.15, -0.1) is 0 Å². The zero-order chi connectivity index (χ0) is 7.14. The van der Waals surface area contributed by atoms with E-state index in [1.54, 1.807) is 0 Å². The van der Waals surface area contributed by atoms with Crippen molar-refractivity contribution < 1.29 is 0 Å². The number of rotatable bonds is 1. The summed E-state index contributed by atoms with van der Waals surface area (Å²) in [7, 11) is 0. The van der Waals surface area contributed by atoms with Crippen LogP contribution < -0.4 is 0 Å². The van der Waals surface area contributed by atoms with Crippen molar-refractivity contribution in [2.75, 3.05) is 0 Å². The van der Waals surface area contributed by atoms with Crippen LogP contribution >= 0.6 is 23.2 Å². The van der Waals surface area contributed by atoms with Crippen molar-refractivity contribution in [3.05, 3.63) is 22.7 Å². The van der Waals surface area contributed by atoms with Gasteiger partial charge in [-0.05, 0) is 24.2 Å². The van der Waals surface area contributed by atoms with Gasteiger partial charge in [-0.25, -0.2) is 0 Å². The minimum Gasteiger partial charge on any atom is -0.0879 e. The summed E-state index contributed by atoms with van der Waals surface area (Å²) in [5.41, 5.74) is 0. The first-order valence-electron chi connectivity index (χ1n) is 3.48. The van der Waals surface area contributed by atoms with Gasteiger partial charge in [0.2, 0.25) is 0 Å². The number of fused-ring (bicyclic) bond motifs is 1. The van der Waals surface area contributed by atoms with E-state index in [-0.39, 0.29) is 0 Å². The van der Waals surface area contributed by atoms with Crippen LogP contribution in [0.15, 0.2) is 22.7 Å². The quantitative estimate of drug-likeness (QED) is 0.537. The molecule has 0 N–H and O–H groups in total. The first kappa shape index (κ1) is 6.75. The molecule has 0 aromatic carbocycles. The third kappa shape index (κ3) is 0.998. The summed E-state index contributed by atoms with van der Waals surface area (Å²) in [6.07, 6.45) is 7.68. The van der Waals surface area contributed by atoms with Crippen LogP contribution in [0.1, 0.15) is 6.42 Å². The van der Waals surface area contributed by atoms with E-state index in [2.05, 4.69) is 12.2 Å². The van der Waals surface area contributed by atoms with Gasteiger partial charge < -0.3 is 0 Å². The highest BCUT2D eigenvalue weighted by molar-refractivity contribution is 6.55. The lowest BCUT2D eigenvalue weighted by Gasteiger charge is -1.88. The molecule has 10 heavy (non-hydrogen) atoms. The second-order valence-corrected chi connectivity index (χ2v) is 3.95. The highest BCUT2D eigenvalue weighted by atomic mass is 35.5. The Balaban J connectivity index is 2.02. The smallest absolute Gasteiger partial charge is 0.0879 e. The molecule has 2 aliphatic rings. The largest absolute Gasteiger partial charge is 0.103 e. The molecule has 2 aliphatic carbocycles. The van der Waals surface area contributed by atoms with Gasteiger partial charge >= 0.3 is 0 Å². The van der Waals surface area contributed by atoms with Gasteiger partial charge in [0.15, 0.2) is 0 Å². The Morgan fingerprint density at radius 2 is 2.30 bits per heavy atom. The molecule has 0 spiro atoms. The minimum absolute atomic E-state index is 0.424. The van der Waals surface area contributed by atoms with Crippen LogP contribution in [0.3, 0.4) is 0 Å². The van der Waals surface area contributed by atoms with Crippen molar-refractivity contribution in [1.29, 1.82) is 0 Å². The fourth-order valence-electron chi connectivity index (χ4n) is 1.79. The Hall–Kier alpha value is 0.0600. The molecule has 0 nitrogen and oxygen atoms in total. The first-order valence-corrected chi connectivity index (χ1v) is 4.24. The number of halogens is 2. The van der Waals surface area contributed by atoms with Crippen LogP contribution in [0.2, 0.25) is 0 Å². The average molecular weight is 175 g/mol. The standard InChI is InChI=1S/C8H8Cl2/c9-8(10)4-7-5-2-1-3-6(5)7/h1-2,4-7H,3H2/t5-,6+,7-/m0/s1. The zero-order valence-corrected chi connectivity index (χ0v) is 6.94. The third-order valence-electron chi connectivity index (χ3n) is 2.38. The lowest BCUT2D eigenvalue weighted by atomic mass is 10.2. The summed E-state index contributed by atoms with van der Waals surface area (Å²) in [5.74, 6) is 2.23. The molecule has 0 bridgehead atoms. The van der Waals surface area contributed by atoms with Crippen LogP contribution in [0, 0.1) is 17.8 Å². The number of allylic oxidation sites excluding steroid dienone is 3. The molecule has 1 saturated carbocycles. The van der Waals surface area contributed by atoms with Crippen molar-refractivity contribution in [3.8, 4) is 0 Å². The Bertz CT molecular complexity index is 201. The molecule has 54 valence electrons. The second-order valence-electron chi connectivity index (χ2n) is 2.94. The summed E-state index contributed by atoms with van der Waals surface area (Å²) >= 11 is 11.1. The lowest BCUT2D eigenvalue weighted by Crippen LogP contribution is -1.76. The SMILES string of the molecule is ClC(Cl)=C[C@H]1[C@H]2C=CC[C@H]21. The van der Waals surface area contributed by atoms with Crippen LogP contribution in [-0.2, 0) is 0 Å². The van der Waals surface area contributed by atoms with E-state index in [1.807, 2.05) is 6.08 Å². The Kier molecular flexibility index (Phi) is 1.54. The van der Waals surface area contributed by atoms with Gasteiger partial charge in [0.05, 0.1) is 0 Å². The lowest BCUT2D eigenvalue weighted by molar-refractivity contribution is 0.814. The molecule has 0 heterocycles. The van der Waals surface area contributed by atoms with Crippen LogP contribution in [-0.4, -0.2) is 0 Å². The molecule has 0 radical (unpaired) electrons. The number of hydrogen-bond donors (Lipinski definition) is 0. The maximum absolute atomic E-state index is 5.53. The van der Waals surface area contributed by atoms with Crippen molar-refractivity contribution in [2.24, 2.45) is 17.8 Å². The van der Waals surface area contributed by atoms with Gasteiger partial charge in [-0.1, -0.05) is 41.4 Å². The summed E-state index contributed by atoms with van der Waals surface area (Å²) in [4.78, 5) is 0. The normalized spacial score (nSPS) is 41.2. The van der Waals surface area contributed by atoms with Gasteiger partial charge in [-0.2, -0.15) is 0 Å². The van der Waals surface area contributed by atoms with E-state index in [0.29, 0.717) is 10.4 Å². The average Bonchev–Trinajstić information content (AvgIpc) is 2.40. The predicted molar refractivity (Wildman–Crippen MR) is 44.0 cm³/mol. The molecule has 0 aliphatic heterocycles. The minimum atomic E-state index is 0.424. The zero-order valence-electron chi connectivity index (χ0n) is 5.43. The van der Waals surface area contributed by atoms with E-state index < -0.39 is 0 Å². The highest BCUT2D eigenvalue weighted by Crippen LogP contribution is 2.55. The van der Waals surface area contributed by atoms with Crippen LogP contribution in [0.5, 0.6) is 0 Å². The third-order valence-corrected chi connectivity index (χ3v) is 2.63. The molecule has 0 amide bonds. The van der Waals surface area contributed by atoms with Crippen molar-refractivity contribution in [2.45, 2.75) is 6.42 Å². The monoisotopic (exact) mass is 174 g/mol. The van der Waals surface area contributed by atoms with Crippen LogP contribution in [0.4, 0.5) is 0 Å².